The molecule has 0 aliphatic rings. The van der Waals surface area contributed by atoms with Gasteiger partial charge in [-0.15, -0.1) is 0 Å². The minimum absolute atomic E-state index is 0.197. The lowest BCUT2D eigenvalue weighted by atomic mass is 10.0. The Balaban J connectivity index is 2.28. The van der Waals surface area contributed by atoms with Crippen molar-refractivity contribution in [3.8, 4) is 0 Å². The van der Waals surface area contributed by atoms with E-state index in [1.807, 2.05) is 18.2 Å². The van der Waals surface area contributed by atoms with Gasteiger partial charge in [0.15, 0.2) is 0 Å². The summed E-state index contributed by atoms with van der Waals surface area (Å²) in [4.78, 5) is 0. The summed E-state index contributed by atoms with van der Waals surface area (Å²) in [5.41, 5.74) is 3.44. The minimum atomic E-state index is 0.197. The second-order valence-electron chi connectivity index (χ2n) is 4.76. The predicted molar refractivity (Wildman–Crippen MR) is 92.0 cm³/mol. The topological polar surface area (TPSA) is 12.0 Å². The van der Waals surface area contributed by atoms with Crippen LogP contribution in [0.25, 0.3) is 0 Å². The van der Waals surface area contributed by atoms with Crippen molar-refractivity contribution in [1.82, 2.24) is 0 Å². The number of anilines is 1. The SMILES string of the molecule is CCC(Nc1cc(C)ccc1Br)c1ccc(Cl)c(Cl)c1. The first kappa shape index (κ1) is 15.7. The summed E-state index contributed by atoms with van der Waals surface area (Å²) in [6.07, 6.45) is 0.957. The summed E-state index contributed by atoms with van der Waals surface area (Å²) < 4.78 is 1.06. The van der Waals surface area contributed by atoms with E-state index in [0.717, 1.165) is 22.1 Å². The van der Waals surface area contributed by atoms with Gasteiger partial charge in [0.05, 0.1) is 16.1 Å². The second-order valence-corrected chi connectivity index (χ2v) is 6.43. The first-order chi connectivity index (χ1) is 9.51. The van der Waals surface area contributed by atoms with Gasteiger partial charge >= 0.3 is 0 Å². The molecular formula is C16H16BrCl2N. The van der Waals surface area contributed by atoms with Gasteiger partial charge in [-0.05, 0) is 64.7 Å². The average molecular weight is 373 g/mol. The number of nitrogens with one attached hydrogen (secondary N) is 1. The molecule has 0 saturated heterocycles. The molecular weight excluding hydrogens is 357 g/mol. The van der Waals surface area contributed by atoms with E-state index in [2.05, 4.69) is 53.3 Å². The molecule has 2 rings (SSSR count). The quantitative estimate of drug-likeness (QED) is 0.635. The van der Waals surface area contributed by atoms with E-state index >= 15 is 0 Å². The highest BCUT2D eigenvalue weighted by atomic mass is 79.9. The molecule has 0 radical (unpaired) electrons. The highest BCUT2D eigenvalue weighted by molar-refractivity contribution is 9.10. The predicted octanol–water partition coefficient (Wildman–Crippen LogP) is 6.63. The molecule has 0 spiro atoms. The smallest absolute Gasteiger partial charge is 0.0595 e. The molecule has 0 fully saturated rings. The highest BCUT2D eigenvalue weighted by Crippen LogP contribution is 2.31. The van der Waals surface area contributed by atoms with Crippen LogP contribution in [-0.2, 0) is 0 Å². The Hall–Kier alpha value is -0.700. The van der Waals surface area contributed by atoms with E-state index in [4.69, 9.17) is 23.2 Å². The van der Waals surface area contributed by atoms with Crippen LogP contribution in [0.3, 0.4) is 0 Å². The Bertz CT molecular complexity index is 613. The Morgan fingerprint density at radius 1 is 1.10 bits per heavy atom. The van der Waals surface area contributed by atoms with Gasteiger partial charge in [0.1, 0.15) is 0 Å². The number of rotatable bonds is 4. The van der Waals surface area contributed by atoms with Crippen LogP contribution in [0.2, 0.25) is 10.0 Å². The highest BCUT2D eigenvalue weighted by Gasteiger charge is 2.12. The maximum atomic E-state index is 6.11. The molecule has 0 aliphatic heterocycles. The number of halogens is 3. The van der Waals surface area contributed by atoms with Crippen molar-refractivity contribution in [3.63, 3.8) is 0 Å². The van der Waals surface area contributed by atoms with Crippen molar-refractivity contribution in [2.45, 2.75) is 26.3 Å². The number of hydrogen-bond donors (Lipinski definition) is 1. The molecule has 20 heavy (non-hydrogen) atoms. The van der Waals surface area contributed by atoms with Crippen LogP contribution in [0.5, 0.6) is 0 Å². The maximum Gasteiger partial charge on any atom is 0.0595 e. The van der Waals surface area contributed by atoms with Gasteiger partial charge in [0.25, 0.3) is 0 Å². The third-order valence-electron chi connectivity index (χ3n) is 3.21. The molecule has 1 atom stereocenters. The van der Waals surface area contributed by atoms with Gasteiger partial charge in [0.2, 0.25) is 0 Å². The van der Waals surface area contributed by atoms with Crippen LogP contribution >= 0.6 is 39.1 Å². The average Bonchev–Trinajstić information content (AvgIpc) is 2.43. The zero-order valence-electron chi connectivity index (χ0n) is 11.4. The lowest BCUT2D eigenvalue weighted by Gasteiger charge is -2.20. The van der Waals surface area contributed by atoms with E-state index in [9.17, 15) is 0 Å². The lowest BCUT2D eigenvalue weighted by Crippen LogP contribution is -2.10. The molecule has 1 N–H and O–H groups in total. The number of aryl methyl sites for hydroxylation is 1. The molecule has 2 aromatic rings. The van der Waals surface area contributed by atoms with Crippen LogP contribution in [0.1, 0.15) is 30.5 Å². The zero-order valence-corrected chi connectivity index (χ0v) is 14.5. The fraction of sp³-hybridized carbons (Fsp3) is 0.250. The molecule has 4 heteroatoms. The summed E-state index contributed by atoms with van der Waals surface area (Å²) in [7, 11) is 0. The van der Waals surface area contributed by atoms with Crippen molar-refractivity contribution in [3.05, 3.63) is 62.0 Å². The van der Waals surface area contributed by atoms with Crippen molar-refractivity contribution >= 4 is 44.8 Å². The van der Waals surface area contributed by atoms with Gasteiger partial charge in [-0.1, -0.05) is 42.3 Å². The van der Waals surface area contributed by atoms with E-state index < -0.39 is 0 Å². The Morgan fingerprint density at radius 3 is 2.50 bits per heavy atom. The van der Waals surface area contributed by atoms with Crippen molar-refractivity contribution in [2.24, 2.45) is 0 Å². The van der Waals surface area contributed by atoms with E-state index in [1.54, 1.807) is 0 Å². The van der Waals surface area contributed by atoms with Crippen molar-refractivity contribution in [2.75, 3.05) is 5.32 Å². The van der Waals surface area contributed by atoms with Gasteiger partial charge in [-0.3, -0.25) is 0 Å². The Morgan fingerprint density at radius 2 is 1.85 bits per heavy atom. The summed E-state index contributed by atoms with van der Waals surface area (Å²) in [5.74, 6) is 0. The van der Waals surface area contributed by atoms with Crippen LogP contribution in [0.15, 0.2) is 40.9 Å². The molecule has 106 valence electrons. The largest absolute Gasteiger partial charge is 0.377 e. The van der Waals surface area contributed by atoms with Crippen LogP contribution in [0.4, 0.5) is 5.69 Å². The molecule has 0 bridgehead atoms. The minimum Gasteiger partial charge on any atom is -0.377 e. The van der Waals surface area contributed by atoms with Gasteiger partial charge in [-0.2, -0.15) is 0 Å². The van der Waals surface area contributed by atoms with E-state index in [1.165, 1.54) is 5.56 Å². The molecule has 0 aromatic heterocycles. The van der Waals surface area contributed by atoms with Gasteiger partial charge in [0, 0.05) is 10.2 Å². The summed E-state index contributed by atoms with van der Waals surface area (Å²) >= 11 is 15.7. The zero-order chi connectivity index (χ0) is 14.7. The summed E-state index contributed by atoms with van der Waals surface area (Å²) in [6, 6.07) is 12.2. The lowest BCUT2D eigenvalue weighted by molar-refractivity contribution is 0.749. The molecule has 2 aromatic carbocycles. The van der Waals surface area contributed by atoms with Crippen molar-refractivity contribution in [1.29, 1.82) is 0 Å². The van der Waals surface area contributed by atoms with E-state index in [0.29, 0.717) is 10.0 Å². The summed E-state index contributed by atoms with van der Waals surface area (Å²) in [5, 5.41) is 4.73. The van der Waals surface area contributed by atoms with Gasteiger partial charge in [-0.25, -0.2) is 0 Å². The standard InChI is InChI=1S/C16H16BrCl2N/c1-3-15(11-5-7-13(18)14(19)9-11)20-16-8-10(2)4-6-12(16)17/h4-9,15,20H,3H2,1-2H3. The van der Waals surface area contributed by atoms with Crippen LogP contribution < -0.4 is 5.32 Å². The summed E-state index contributed by atoms with van der Waals surface area (Å²) in [6.45, 7) is 4.22. The normalized spacial score (nSPS) is 12.2. The second kappa shape index (κ2) is 6.84. The Labute approximate surface area is 138 Å². The molecule has 0 amide bonds. The third-order valence-corrected chi connectivity index (χ3v) is 4.64. The monoisotopic (exact) mass is 371 g/mol. The molecule has 0 heterocycles. The third kappa shape index (κ3) is 3.69. The van der Waals surface area contributed by atoms with Gasteiger partial charge < -0.3 is 5.32 Å². The van der Waals surface area contributed by atoms with Crippen LogP contribution in [-0.4, -0.2) is 0 Å². The molecule has 0 aliphatic carbocycles. The van der Waals surface area contributed by atoms with Crippen molar-refractivity contribution < 1.29 is 0 Å². The molecule has 0 saturated carbocycles. The van der Waals surface area contributed by atoms with E-state index in [-0.39, 0.29) is 6.04 Å². The Kier molecular flexibility index (Phi) is 5.36. The maximum absolute atomic E-state index is 6.11. The fourth-order valence-corrected chi connectivity index (χ4v) is 2.76. The molecule has 1 unspecified atom stereocenters. The fourth-order valence-electron chi connectivity index (χ4n) is 2.09. The van der Waals surface area contributed by atoms with Crippen LogP contribution in [0, 0.1) is 6.92 Å². The first-order valence-corrected chi connectivity index (χ1v) is 8.03. The number of benzene rings is 2. The number of hydrogen-bond acceptors (Lipinski definition) is 1. The molecule has 1 nitrogen and oxygen atoms in total. The first-order valence-electron chi connectivity index (χ1n) is 6.49.